The molecule has 2 unspecified atom stereocenters. The van der Waals surface area contributed by atoms with Gasteiger partial charge in [-0.1, -0.05) is 29.8 Å². The Morgan fingerprint density at radius 3 is 2.61 bits per heavy atom. The summed E-state index contributed by atoms with van der Waals surface area (Å²) in [7, 11) is -3.33. The Hall–Kier alpha value is -1.93. The van der Waals surface area contributed by atoms with E-state index in [4.69, 9.17) is 11.6 Å². The van der Waals surface area contributed by atoms with Crippen LogP contribution in [-0.4, -0.2) is 38.7 Å². The molecule has 0 aromatic heterocycles. The van der Waals surface area contributed by atoms with Crippen LogP contribution in [0.1, 0.15) is 34.0 Å². The molecule has 0 amide bonds. The van der Waals surface area contributed by atoms with E-state index in [0.717, 1.165) is 24.7 Å². The molecule has 28 heavy (non-hydrogen) atoms. The third kappa shape index (κ3) is 5.32. The number of aliphatic hydroxyl groups excluding tert-OH is 1. The van der Waals surface area contributed by atoms with Crippen molar-refractivity contribution in [1.29, 1.82) is 0 Å². The second-order valence-electron chi connectivity index (χ2n) is 7.07. The molecule has 0 saturated heterocycles. The fraction of sp³-hybridized carbons (Fsp3) is 0.350. The number of aliphatic hydroxyl groups is 1. The third-order valence-corrected chi connectivity index (χ3v) is 5.64. The van der Waals surface area contributed by atoms with Gasteiger partial charge in [-0.15, -0.1) is 0 Å². The molecule has 0 heterocycles. The molecule has 8 heteroatoms. The highest BCUT2D eigenvalue weighted by atomic mass is 35.5. The summed E-state index contributed by atoms with van der Waals surface area (Å²) in [6, 6.07) is 12.0. The molecule has 0 aliphatic heterocycles. The van der Waals surface area contributed by atoms with Crippen LogP contribution in [0.25, 0.3) is 0 Å². The first kappa shape index (κ1) is 20.8. The van der Waals surface area contributed by atoms with Gasteiger partial charge in [0.2, 0.25) is 10.0 Å². The van der Waals surface area contributed by atoms with Crippen LogP contribution < -0.4 is 10.0 Å². The van der Waals surface area contributed by atoms with E-state index in [1.54, 1.807) is 36.4 Å². The zero-order valence-corrected chi connectivity index (χ0v) is 17.1. The molecule has 0 saturated carbocycles. The molecule has 1 aliphatic rings. The van der Waals surface area contributed by atoms with Crippen molar-refractivity contribution >= 4 is 33.1 Å². The van der Waals surface area contributed by atoms with Gasteiger partial charge >= 0.3 is 0 Å². The number of carbonyl (C=O) groups excluding carboxylic acids is 1. The number of hydrogen-bond donors (Lipinski definition) is 3. The van der Waals surface area contributed by atoms with Crippen LogP contribution in [0.5, 0.6) is 0 Å². The molecule has 1 aliphatic carbocycles. The van der Waals surface area contributed by atoms with Gasteiger partial charge in [0.05, 0.1) is 12.4 Å². The van der Waals surface area contributed by atoms with E-state index in [2.05, 4.69) is 10.0 Å². The van der Waals surface area contributed by atoms with E-state index in [0.29, 0.717) is 34.9 Å². The van der Waals surface area contributed by atoms with Gasteiger partial charge in [-0.05, 0) is 48.2 Å². The van der Waals surface area contributed by atoms with Crippen molar-refractivity contribution in [3.05, 3.63) is 64.2 Å². The Kier molecular flexibility index (Phi) is 6.40. The number of rotatable bonds is 7. The quantitative estimate of drug-likeness (QED) is 0.637. The highest BCUT2D eigenvalue weighted by Gasteiger charge is 2.27. The van der Waals surface area contributed by atoms with E-state index in [1.165, 1.54) is 0 Å². The Balaban J connectivity index is 1.53. The summed E-state index contributed by atoms with van der Waals surface area (Å²) in [5.41, 5.74) is 2.84. The van der Waals surface area contributed by atoms with Crippen molar-refractivity contribution in [3.63, 3.8) is 0 Å². The second kappa shape index (κ2) is 8.61. The molecule has 6 nitrogen and oxygen atoms in total. The smallest absolute Gasteiger partial charge is 0.229 e. The normalized spacial score (nSPS) is 17.8. The maximum absolute atomic E-state index is 12.6. The molecule has 0 bridgehead atoms. The summed E-state index contributed by atoms with van der Waals surface area (Å²) in [5.74, 6) is -0.0542. The van der Waals surface area contributed by atoms with Crippen LogP contribution in [-0.2, 0) is 16.4 Å². The fourth-order valence-electron chi connectivity index (χ4n) is 3.37. The summed E-state index contributed by atoms with van der Waals surface area (Å²) in [5, 5.41) is 14.1. The lowest BCUT2D eigenvalue weighted by molar-refractivity contribution is 0.0895. The van der Waals surface area contributed by atoms with E-state index in [-0.39, 0.29) is 11.7 Å². The molecule has 2 aromatic rings. The van der Waals surface area contributed by atoms with Crippen LogP contribution in [0, 0.1) is 5.92 Å². The highest BCUT2D eigenvalue weighted by molar-refractivity contribution is 7.92. The average molecular weight is 423 g/mol. The van der Waals surface area contributed by atoms with Gasteiger partial charge in [0.1, 0.15) is 0 Å². The van der Waals surface area contributed by atoms with Crippen LogP contribution in [0.15, 0.2) is 42.5 Å². The molecular formula is C20H23ClN2O4S. The number of anilines is 1. The number of aryl methyl sites for hydroxylation is 1. The molecule has 0 spiro atoms. The predicted octanol–water partition coefficient (Wildman–Crippen LogP) is 2.78. The summed E-state index contributed by atoms with van der Waals surface area (Å²) in [6.07, 6.45) is 1.93. The summed E-state index contributed by atoms with van der Waals surface area (Å²) >= 11 is 6.01. The van der Waals surface area contributed by atoms with Crippen molar-refractivity contribution < 1.29 is 18.3 Å². The number of carbonyl (C=O) groups is 1. The van der Waals surface area contributed by atoms with Crippen LogP contribution in [0.4, 0.5) is 5.69 Å². The number of halogens is 1. The number of benzene rings is 2. The lowest BCUT2D eigenvalue weighted by atomic mass is 9.82. The third-order valence-electron chi connectivity index (χ3n) is 4.80. The average Bonchev–Trinajstić information content (AvgIpc) is 2.63. The van der Waals surface area contributed by atoms with Crippen LogP contribution in [0.2, 0.25) is 5.02 Å². The molecule has 3 N–H and O–H groups in total. The largest absolute Gasteiger partial charge is 0.387 e. The number of sulfonamides is 1. The van der Waals surface area contributed by atoms with Crippen LogP contribution in [0.3, 0.4) is 0 Å². The molecule has 2 aromatic carbocycles. The maximum Gasteiger partial charge on any atom is 0.229 e. The minimum absolute atomic E-state index is 0.0851. The molecule has 0 fully saturated rings. The number of nitrogens with one attached hydrogen (secondary N) is 2. The summed E-state index contributed by atoms with van der Waals surface area (Å²) < 4.78 is 24.8. The van der Waals surface area contributed by atoms with Gasteiger partial charge in [-0.25, -0.2) is 8.42 Å². The van der Waals surface area contributed by atoms with Gasteiger partial charge < -0.3 is 10.4 Å². The summed E-state index contributed by atoms with van der Waals surface area (Å²) in [6.45, 7) is 0.778. The molecule has 2 atom stereocenters. The maximum atomic E-state index is 12.6. The zero-order chi connectivity index (χ0) is 20.3. The molecular weight excluding hydrogens is 400 g/mol. The number of ketones is 1. The summed E-state index contributed by atoms with van der Waals surface area (Å²) in [4.78, 5) is 12.6. The van der Waals surface area contributed by atoms with Gasteiger partial charge in [0, 0.05) is 35.3 Å². The predicted molar refractivity (Wildman–Crippen MR) is 110 cm³/mol. The van der Waals surface area contributed by atoms with E-state index < -0.39 is 16.1 Å². The lowest BCUT2D eigenvalue weighted by Gasteiger charge is -2.24. The van der Waals surface area contributed by atoms with Gasteiger partial charge in [-0.3, -0.25) is 9.52 Å². The van der Waals surface area contributed by atoms with Crippen molar-refractivity contribution in [3.8, 4) is 0 Å². The SMILES string of the molecule is CS(=O)(=O)Nc1ccc(C(O)CNCC2CCc3ccc(Cl)cc3C2=O)cc1. The van der Waals surface area contributed by atoms with Gasteiger partial charge in [0.25, 0.3) is 0 Å². The van der Waals surface area contributed by atoms with Gasteiger partial charge in [-0.2, -0.15) is 0 Å². The van der Waals surface area contributed by atoms with Crippen molar-refractivity contribution in [2.24, 2.45) is 5.92 Å². The van der Waals surface area contributed by atoms with Crippen molar-refractivity contribution in [2.75, 3.05) is 24.1 Å². The molecule has 3 rings (SSSR count). The monoisotopic (exact) mass is 422 g/mol. The van der Waals surface area contributed by atoms with Crippen LogP contribution >= 0.6 is 11.6 Å². The number of Topliss-reactive ketones (excluding diaryl/α,β-unsaturated/α-hetero) is 1. The second-order valence-corrected chi connectivity index (χ2v) is 9.26. The van der Waals surface area contributed by atoms with Crippen molar-refractivity contribution in [2.45, 2.75) is 18.9 Å². The Bertz CT molecular complexity index is 961. The standard InChI is InChI=1S/C20H23ClN2O4S/c1-28(26,27)23-17-8-5-14(6-9-17)19(24)12-22-11-15-3-2-13-4-7-16(21)10-18(13)20(15)25/h4-10,15,19,22-24H,2-3,11-12H2,1H3. The number of hydrogen-bond acceptors (Lipinski definition) is 5. The topological polar surface area (TPSA) is 95.5 Å². The molecule has 150 valence electrons. The Morgan fingerprint density at radius 1 is 1.21 bits per heavy atom. The first-order valence-electron chi connectivity index (χ1n) is 9.02. The molecule has 0 radical (unpaired) electrons. The van der Waals surface area contributed by atoms with E-state index in [9.17, 15) is 18.3 Å². The Labute approximate surface area is 170 Å². The first-order chi connectivity index (χ1) is 13.2. The lowest BCUT2D eigenvalue weighted by Crippen LogP contribution is -2.34. The minimum atomic E-state index is -3.33. The Morgan fingerprint density at radius 2 is 1.93 bits per heavy atom. The van der Waals surface area contributed by atoms with E-state index >= 15 is 0 Å². The number of fused-ring (bicyclic) bond motifs is 1. The van der Waals surface area contributed by atoms with E-state index in [1.807, 2.05) is 6.07 Å². The fourth-order valence-corrected chi connectivity index (χ4v) is 4.11. The first-order valence-corrected chi connectivity index (χ1v) is 11.3. The zero-order valence-electron chi connectivity index (χ0n) is 15.5. The van der Waals surface area contributed by atoms with Crippen molar-refractivity contribution in [1.82, 2.24) is 5.32 Å². The minimum Gasteiger partial charge on any atom is -0.387 e. The highest BCUT2D eigenvalue weighted by Crippen LogP contribution is 2.27. The van der Waals surface area contributed by atoms with Gasteiger partial charge in [0.15, 0.2) is 5.78 Å².